The van der Waals surface area contributed by atoms with Crippen LogP contribution < -0.4 is 5.32 Å². The van der Waals surface area contributed by atoms with Gasteiger partial charge in [-0.3, -0.25) is 9.78 Å². The van der Waals surface area contributed by atoms with Crippen LogP contribution in [0.4, 0.5) is 0 Å². The molecule has 0 saturated carbocycles. The lowest BCUT2D eigenvalue weighted by Gasteiger charge is -2.10. The van der Waals surface area contributed by atoms with Gasteiger partial charge < -0.3 is 9.73 Å². The second kappa shape index (κ2) is 7.03. The molecule has 0 aliphatic carbocycles. The summed E-state index contributed by atoms with van der Waals surface area (Å²) in [5.74, 6) is 1.38. The van der Waals surface area contributed by atoms with E-state index in [1.165, 1.54) is 0 Å². The Hall–Kier alpha value is -3.47. The number of carbonyl (C=O) groups excluding carboxylic acids is 1. The van der Waals surface area contributed by atoms with Crippen LogP contribution in [0.25, 0.3) is 22.3 Å². The first-order valence-electron chi connectivity index (χ1n) is 8.76. The molecule has 5 nitrogen and oxygen atoms in total. The minimum absolute atomic E-state index is 0.167. The molecular weight excluding hydrogens is 338 g/mol. The van der Waals surface area contributed by atoms with E-state index in [0.29, 0.717) is 17.8 Å². The average Bonchev–Trinajstić information content (AvgIpc) is 3.11. The van der Waals surface area contributed by atoms with Crippen LogP contribution in [-0.4, -0.2) is 15.9 Å². The maximum absolute atomic E-state index is 12.9. The molecule has 1 N–H and O–H groups in total. The molecule has 0 bridgehead atoms. The first kappa shape index (κ1) is 17.0. The van der Waals surface area contributed by atoms with Crippen molar-refractivity contribution in [3.05, 3.63) is 83.4 Å². The molecule has 4 aromatic rings. The number of aromatic nitrogens is 2. The number of nitrogens with one attached hydrogen (secondary N) is 1. The Morgan fingerprint density at radius 2 is 1.93 bits per heavy atom. The van der Waals surface area contributed by atoms with E-state index in [0.717, 1.165) is 33.7 Å². The Morgan fingerprint density at radius 1 is 1.04 bits per heavy atom. The summed E-state index contributed by atoms with van der Waals surface area (Å²) < 4.78 is 5.53. The van der Waals surface area contributed by atoms with E-state index in [1.807, 2.05) is 62.4 Å². The van der Waals surface area contributed by atoms with E-state index in [-0.39, 0.29) is 5.91 Å². The smallest absolute Gasteiger partial charge is 0.252 e. The monoisotopic (exact) mass is 357 g/mol. The minimum Gasteiger partial charge on any atom is -0.465 e. The lowest BCUT2D eigenvalue weighted by atomic mass is 10.0. The van der Waals surface area contributed by atoms with Crippen molar-refractivity contribution in [2.24, 2.45) is 0 Å². The number of amides is 1. The standard InChI is InChI=1S/C22H19N3O2/c1-14-6-9-19-17(11-14)18(12-21(25-19)20-5-3-4-10-23-20)22(26)24-13-16-8-7-15(2)27-16/h3-12H,13H2,1-2H3,(H,24,26). The highest BCUT2D eigenvalue weighted by Gasteiger charge is 2.15. The summed E-state index contributed by atoms with van der Waals surface area (Å²) in [6.07, 6.45) is 1.72. The molecule has 0 unspecified atom stereocenters. The number of fused-ring (bicyclic) bond motifs is 1. The third-order valence-corrected chi connectivity index (χ3v) is 4.36. The van der Waals surface area contributed by atoms with Gasteiger partial charge in [-0.15, -0.1) is 0 Å². The number of nitrogens with zero attached hydrogens (tertiary/aromatic N) is 2. The summed E-state index contributed by atoms with van der Waals surface area (Å²) in [5.41, 5.74) is 3.82. The molecule has 27 heavy (non-hydrogen) atoms. The third kappa shape index (κ3) is 3.58. The average molecular weight is 357 g/mol. The summed E-state index contributed by atoms with van der Waals surface area (Å²) >= 11 is 0. The SMILES string of the molecule is Cc1ccc2nc(-c3ccccn3)cc(C(=O)NCc3ccc(C)o3)c2c1. The Kier molecular flexibility index (Phi) is 4.42. The quantitative estimate of drug-likeness (QED) is 0.586. The van der Waals surface area contributed by atoms with Gasteiger partial charge in [0.1, 0.15) is 11.5 Å². The Balaban J connectivity index is 1.74. The lowest BCUT2D eigenvalue weighted by molar-refractivity contribution is 0.0949. The molecule has 5 heteroatoms. The Morgan fingerprint density at radius 3 is 2.67 bits per heavy atom. The molecule has 0 spiro atoms. The number of hydrogen-bond donors (Lipinski definition) is 1. The van der Waals surface area contributed by atoms with Crippen molar-refractivity contribution in [3.63, 3.8) is 0 Å². The van der Waals surface area contributed by atoms with Gasteiger partial charge in [0.05, 0.1) is 29.0 Å². The molecule has 4 rings (SSSR count). The third-order valence-electron chi connectivity index (χ3n) is 4.36. The van der Waals surface area contributed by atoms with Gasteiger partial charge in [-0.1, -0.05) is 17.7 Å². The maximum atomic E-state index is 12.9. The highest BCUT2D eigenvalue weighted by atomic mass is 16.3. The van der Waals surface area contributed by atoms with Crippen molar-refractivity contribution in [1.82, 2.24) is 15.3 Å². The van der Waals surface area contributed by atoms with Gasteiger partial charge in [0.25, 0.3) is 5.91 Å². The molecule has 0 atom stereocenters. The fourth-order valence-electron chi connectivity index (χ4n) is 3.02. The van der Waals surface area contributed by atoms with Crippen molar-refractivity contribution < 1.29 is 9.21 Å². The van der Waals surface area contributed by atoms with E-state index in [9.17, 15) is 4.79 Å². The fraction of sp³-hybridized carbons (Fsp3) is 0.136. The fourth-order valence-corrected chi connectivity index (χ4v) is 3.02. The lowest BCUT2D eigenvalue weighted by Crippen LogP contribution is -2.23. The van der Waals surface area contributed by atoms with Gasteiger partial charge in [-0.2, -0.15) is 0 Å². The number of rotatable bonds is 4. The molecule has 1 amide bonds. The van der Waals surface area contributed by atoms with Gasteiger partial charge in [-0.25, -0.2) is 4.98 Å². The second-order valence-corrected chi connectivity index (χ2v) is 6.49. The zero-order valence-corrected chi connectivity index (χ0v) is 15.2. The predicted octanol–water partition coefficient (Wildman–Crippen LogP) is 4.44. The zero-order chi connectivity index (χ0) is 18.8. The molecule has 1 aromatic carbocycles. The molecule has 3 heterocycles. The van der Waals surface area contributed by atoms with Gasteiger partial charge in [0.15, 0.2) is 0 Å². The number of aryl methyl sites for hydroxylation is 2. The van der Waals surface area contributed by atoms with Crippen LogP contribution in [0.15, 0.2) is 65.2 Å². The Bertz CT molecular complexity index is 1120. The van der Waals surface area contributed by atoms with E-state index in [2.05, 4.69) is 10.3 Å². The van der Waals surface area contributed by atoms with E-state index in [1.54, 1.807) is 12.3 Å². The molecule has 134 valence electrons. The Labute approximate surface area is 157 Å². The summed E-state index contributed by atoms with van der Waals surface area (Å²) in [5, 5.41) is 3.76. The molecule has 0 fully saturated rings. The predicted molar refractivity (Wildman–Crippen MR) is 104 cm³/mol. The molecule has 3 aromatic heterocycles. The summed E-state index contributed by atoms with van der Waals surface area (Å²) in [7, 11) is 0. The second-order valence-electron chi connectivity index (χ2n) is 6.49. The van der Waals surface area contributed by atoms with Crippen LogP contribution >= 0.6 is 0 Å². The molecular formula is C22H19N3O2. The van der Waals surface area contributed by atoms with E-state index in [4.69, 9.17) is 9.40 Å². The van der Waals surface area contributed by atoms with Crippen molar-refractivity contribution >= 4 is 16.8 Å². The number of benzene rings is 1. The molecule has 0 aliphatic heterocycles. The molecule has 0 aliphatic rings. The van der Waals surface area contributed by atoms with Crippen molar-refractivity contribution in [3.8, 4) is 11.4 Å². The zero-order valence-electron chi connectivity index (χ0n) is 15.2. The highest BCUT2D eigenvalue weighted by molar-refractivity contribution is 6.07. The molecule has 0 radical (unpaired) electrons. The van der Waals surface area contributed by atoms with Crippen LogP contribution in [0.2, 0.25) is 0 Å². The first-order chi connectivity index (χ1) is 13.1. The highest BCUT2D eigenvalue weighted by Crippen LogP contribution is 2.25. The van der Waals surface area contributed by atoms with Gasteiger partial charge in [0.2, 0.25) is 0 Å². The number of carbonyl (C=O) groups is 1. The largest absolute Gasteiger partial charge is 0.465 e. The van der Waals surface area contributed by atoms with Crippen LogP contribution in [0.5, 0.6) is 0 Å². The van der Waals surface area contributed by atoms with Crippen LogP contribution in [0.1, 0.15) is 27.4 Å². The van der Waals surface area contributed by atoms with Crippen molar-refractivity contribution in [2.75, 3.05) is 0 Å². The van der Waals surface area contributed by atoms with Crippen molar-refractivity contribution in [1.29, 1.82) is 0 Å². The van der Waals surface area contributed by atoms with Crippen LogP contribution in [-0.2, 0) is 6.54 Å². The van der Waals surface area contributed by atoms with Gasteiger partial charge in [-0.05, 0) is 56.3 Å². The van der Waals surface area contributed by atoms with Crippen LogP contribution in [0.3, 0.4) is 0 Å². The van der Waals surface area contributed by atoms with Crippen molar-refractivity contribution in [2.45, 2.75) is 20.4 Å². The summed E-state index contributed by atoms with van der Waals surface area (Å²) in [4.78, 5) is 22.0. The van der Waals surface area contributed by atoms with E-state index < -0.39 is 0 Å². The van der Waals surface area contributed by atoms with Gasteiger partial charge >= 0.3 is 0 Å². The number of hydrogen-bond acceptors (Lipinski definition) is 4. The maximum Gasteiger partial charge on any atom is 0.252 e. The van der Waals surface area contributed by atoms with E-state index >= 15 is 0 Å². The number of furan rings is 1. The summed E-state index contributed by atoms with van der Waals surface area (Å²) in [6.45, 7) is 4.21. The summed E-state index contributed by atoms with van der Waals surface area (Å²) in [6, 6.07) is 17.1. The minimum atomic E-state index is -0.167. The first-order valence-corrected chi connectivity index (χ1v) is 8.76. The normalized spacial score (nSPS) is 10.9. The van der Waals surface area contributed by atoms with Crippen LogP contribution in [0, 0.1) is 13.8 Å². The topological polar surface area (TPSA) is 68.0 Å². The molecule has 0 saturated heterocycles. The van der Waals surface area contributed by atoms with Gasteiger partial charge in [0, 0.05) is 11.6 Å². The number of pyridine rings is 2.